The predicted octanol–water partition coefficient (Wildman–Crippen LogP) is 3.12. The zero-order valence-electron chi connectivity index (χ0n) is 17.9. The van der Waals surface area contributed by atoms with E-state index < -0.39 is 0 Å². The van der Waals surface area contributed by atoms with Crippen LogP contribution in [0.3, 0.4) is 0 Å². The normalized spacial score (nSPS) is 9.26. The van der Waals surface area contributed by atoms with Crippen molar-refractivity contribution in [1.29, 1.82) is 0 Å². The van der Waals surface area contributed by atoms with Crippen molar-refractivity contribution in [2.24, 2.45) is 0 Å². The van der Waals surface area contributed by atoms with E-state index in [1.807, 2.05) is 30.5 Å². The largest absolute Gasteiger partial charge is 1.00 e. The minimum atomic E-state index is 0. The van der Waals surface area contributed by atoms with Gasteiger partial charge in [0.1, 0.15) is 5.82 Å². The first-order chi connectivity index (χ1) is 13.6. The molecular formula is C21H22BClN4NaOS2. The van der Waals surface area contributed by atoms with E-state index in [9.17, 15) is 4.79 Å². The quantitative estimate of drug-likeness (QED) is 0.256. The van der Waals surface area contributed by atoms with Gasteiger partial charge in [-0.15, -0.1) is 22.7 Å². The van der Waals surface area contributed by atoms with Gasteiger partial charge in [-0.2, -0.15) is 0 Å². The number of nitrogens with zero attached hydrogens (tertiary/aromatic N) is 4. The van der Waals surface area contributed by atoms with Gasteiger partial charge in [0, 0.05) is 47.6 Å². The topological polar surface area (TPSA) is 68.6 Å². The van der Waals surface area contributed by atoms with Crippen LogP contribution in [-0.2, 0) is 6.42 Å². The molecule has 4 aromatic heterocycles. The van der Waals surface area contributed by atoms with Crippen LogP contribution in [0.25, 0.3) is 22.5 Å². The molecular weight excluding hydrogens is 458 g/mol. The van der Waals surface area contributed by atoms with E-state index in [4.69, 9.17) is 11.6 Å². The number of aromatic nitrogens is 4. The minimum Gasteiger partial charge on any atom is -1.00 e. The van der Waals surface area contributed by atoms with Gasteiger partial charge in [0.2, 0.25) is 5.28 Å². The van der Waals surface area contributed by atoms with E-state index in [0.717, 1.165) is 45.9 Å². The fraction of sp³-hybridized carbons (Fsp3) is 0.190. The van der Waals surface area contributed by atoms with Crippen LogP contribution in [0.2, 0.25) is 5.28 Å². The molecule has 0 atom stereocenters. The molecule has 3 radical (unpaired) electrons. The molecule has 0 aliphatic carbocycles. The number of carbonyl (C=O) groups is 1. The Morgan fingerprint density at radius 1 is 1.03 bits per heavy atom. The summed E-state index contributed by atoms with van der Waals surface area (Å²) < 4.78 is 0. The molecule has 0 unspecified atom stereocenters. The van der Waals surface area contributed by atoms with Gasteiger partial charge in [0.15, 0.2) is 6.29 Å². The Bertz CT molecular complexity index is 1100. The van der Waals surface area contributed by atoms with Crippen LogP contribution in [0.5, 0.6) is 0 Å². The van der Waals surface area contributed by atoms with Gasteiger partial charge in [-0.1, -0.05) is 14.4 Å². The van der Waals surface area contributed by atoms with Gasteiger partial charge in [0.05, 0.1) is 16.3 Å². The molecule has 4 aromatic rings. The van der Waals surface area contributed by atoms with Crippen molar-refractivity contribution in [2.45, 2.75) is 27.7 Å². The van der Waals surface area contributed by atoms with Gasteiger partial charge in [-0.05, 0) is 49.2 Å². The average Bonchev–Trinajstić information content (AvgIpc) is 3.38. The number of hydrogen-bond acceptors (Lipinski definition) is 7. The summed E-state index contributed by atoms with van der Waals surface area (Å²) in [6, 6.07) is 7.68. The molecule has 31 heavy (non-hydrogen) atoms. The zero-order chi connectivity index (χ0) is 19.9. The molecule has 155 valence electrons. The third kappa shape index (κ3) is 8.56. The summed E-state index contributed by atoms with van der Waals surface area (Å²) in [7, 11) is 0. The van der Waals surface area contributed by atoms with Gasteiger partial charge in [-0.3, -0.25) is 4.79 Å². The summed E-state index contributed by atoms with van der Waals surface area (Å²) in [5, 5.41) is 4.31. The molecule has 0 bridgehead atoms. The first-order valence-corrected chi connectivity index (χ1v) is 10.6. The molecule has 4 rings (SSSR count). The Balaban J connectivity index is 0. The molecule has 0 saturated carbocycles. The molecule has 10 heteroatoms. The van der Waals surface area contributed by atoms with Gasteiger partial charge in [0.25, 0.3) is 0 Å². The SMILES string of the molecule is C.CCc1cc(-c2ccnc(Cl)n2)cs1.Cc1nccc(-c2csc(C=O)c2)n1.[B].[H-].[Na+]. The van der Waals surface area contributed by atoms with Crippen molar-refractivity contribution in [1.82, 2.24) is 19.9 Å². The van der Waals surface area contributed by atoms with E-state index >= 15 is 0 Å². The molecule has 0 aliphatic heterocycles. The van der Waals surface area contributed by atoms with Crippen LogP contribution in [0.1, 0.15) is 36.2 Å². The maximum atomic E-state index is 10.5. The van der Waals surface area contributed by atoms with Crippen molar-refractivity contribution >= 4 is 49.0 Å². The molecule has 0 aromatic carbocycles. The molecule has 0 aliphatic rings. The summed E-state index contributed by atoms with van der Waals surface area (Å²) in [5.41, 5.74) is 3.85. The second kappa shape index (κ2) is 14.6. The van der Waals surface area contributed by atoms with Crippen LogP contribution < -0.4 is 29.6 Å². The maximum absolute atomic E-state index is 10.5. The minimum absolute atomic E-state index is 0. The van der Waals surface area contributed by atoms with Gasteiger partial charge in [-0.25, -0.2) is 19.9 Å². The van der Waals surface area contributed by atoms with Gasteiger partial charge < -0.3 is 1.43 Å². The summed E-state index contributed by atoms with van der Waals surface area (Å²) in [6.45, 7) is 3.99. The Morgan fingerprint density at radius 3 is 2.19 bits per heavy atom. The molecule has 0 N–H and O–H groups in total. The summed E-state index contributed by atoms with van der Waals surface area (Å²) in [4.78, 5) is 28.9. The number of rotatable bonds is 4. The second-order valence-electron chi connectivity index (χ2n) is 5.71. The van der Waals surface area contributed by atoms with Gasteiger partial charge >= 0.3 is 29.6 Å². The third-order valence-corrected chi connectivity index (χ3v) is 5.85. The molecule has 0 spiro atoms. The fourth-order valence-corrected chi connectivity index (χ4v) is 4.04. The molecule has 4 heterocycles. The Morgan fingerprint density at radius 2 is 1.65 bits per heavy atom. The molecule has 0 amide bonds. The van der Waals surface area contributed by atoms with Crippen molar-refractivity contribution in [3.63, 3.8) is 0 Å². The second-order valence-corrected chi connectivity index (χ2v) is 7.99. The van der Waals surface area contributed by atoms with Crippen molar-refractivity contribution < 1.29 is 35.8 Å². The van der Waals surface area contributed by atoms with Crippen LogP contribution >= 0.6 is 34.3 Å². The summed E-state index contributed by atoms with van der Waals surface area (Å²) in [5.74, 6) is 0.737. The van der Waals surface area contributed by atoms with Crippen LogP contribution in [0, 0.1) is 6.92 Å². The maximum Gasteiger partial charge on any atom is 1.00 e. The van der Waals surface area contributed by atoms with Crippen molar-refractivity contribution in [2.75, 3.05) is 0 Å². The number of hydrogen-bond donors (Lipinski definition) is 0. The van der Waals surface area contributed by atoms with E-state index in [-0.39, 0.29) is 46.8 Å². The van der Waals surface area contributed by atoms with Crippen molar-refractivity contribution in [3.05, 3.63) is 68.3 Å². The van der Waals surface area contributed by atoms with E-state index in [0.29, 0.717) is 5.28 Å². The first kappa shape index (κ1) is 29.6. The summed E-state index contributed by atoms with van der Waals surface area (Å²) >= 11 is 8.89. The Labute approximate surface area is 221 Å². The molecule has 0 fully saturated rings. The predicted molar refractivity (Wildman–Crippen MR) is 129 cm³/mol. The van der Waals surface area contributed by atoms with Crippen molar-refractivity contribution in [3.8, 4) is 22.5 Å². The number of carbonyl (C=O) groups excluding carboxylic acids is 1. The van der Waals surface area contributed by atoms with E-state index in [2.05, 4.69) is 38.3 Å². The number of aldehydes is 1. The van der Waals surface area contributed by atoms with E-state index in [1.54, 1.807) is 23.7 Å². The molecule has 5 nitrogen and oxygen atoms in total. The summed E-state index contributed by atoms with van der Waals surface area (Å²) in [6.07, 6.45) is 5.30. The molecule has 0 saturated heterocycles. The average molecular weight is 480 g/mol. The monoisotopic (exact) mass is 479 g/mol. The third-order valence-electron chi connectivity index (χ3n) is 3.73. The Hall–Kier alpha value is -1.42. The number of thiophene rings is 2. The van der Waals surface area contributed by atoms with Crippen LogP contribution in [0.4, 0.5) is 0 Å². The fourth-order valence-electron chi connectivity index (χ4n) is 2.36. The standard InChI is InChI=1S/C10H9ClN2S.C10H8N2OS.CH4.B.Na.H/c1-2-8-5-7(6-14-8)9-3-4-12-10(11)13-9;1-7-11-3-2-10(12-7)8-4-9(5-13)14-6-8;;;;/h3-6H,2H2,1H3;2-6H,1H3;1H4;;;/q;;;;+1;-1. The number of halogens is 1. The van der Waals surface area contributed by atoms with Crippen LogP contribution in [0.15, 0.2) is 47.4 Å². The van der Waals surface area contributed by atoms with Crippen LogP contribution in [-0.4, -0.2) is 34.6 Å². The first-order valence-electron chi connectivity index (χ1n) is 8.49. The van der Waals surface area contributed by atoms with E-state index in [1.165, 1.54) is 16.2 Å². The Kier molecular flexibility index (Phi) is 13.9. The number of aryl methyl sites for hydroxylation is 2. The smallest absolute Gasteiger partial charge is 1.00 e. The zero-order valence-corrected chi connectivity index (χ0v) is 21.3.